The lowest BCUT2D eigenvalue weighted by molar-refractivity contribution is 0.0106. The molecule has 3 N–H and O–H groups in total. The predicted octanol–water partition coefficient (Wildman–Crippen LogP) is 5.38. The van der Waals surface area contributed by atoms with E-state index in [0.717, 1.165) is 24.1 Å². The fourth-order valence-electron chi connectivity index (χ4n) is 2.31. The van der Waals surface area contributed by atoms with E-state index in [1.165, 1.54) is 12.1 Å². The zero-order chi connectivity index (χ0) is 18.2. The number of nitrogens with two attached hydrogens (primary N) is 1. The Bertz CT molecular complexity index is 631. The van der Waals surface area contributed by atoms with Crippen molar-refractivity contribution in [3.63, 3.8) is 0 Å². The maximum Gasteiger partial charge on any atom is 0.290 e. The molecule has 0 fully saturated rings. The van der Waals surface area contributed by atoms with E-state index in [0.29, 0.717) is 10.7 Å². The molecule has 0 aliphatic carbocycles. The second-order valence-corrected chi connectivity index (χ2v) is 5.80. The number of halogens is 3. The average Bonchev–Trinajstić information content (AvgIpc) is 2.56. The van der Waals surface area contributed by atoms with Gasteiger partial charge in [-0.25, -0.2) is 0 Å². The second kappa shape index (κ2) is 9.60. The molecule has 0 atom stereocenters. The summed E-state index contributed by atoms with van der Waals surface area (Å²) < 4.78 is 28.4. The van der Waals surface area contributed by atoms with Gasteiger partial charge in [0.15, 0.2) is 0 Å². The Labute approximate surface area is 148 Å². The largest absolute Gasteiger partial charge is 0.377 e. The first kappa shape index (κ1) is 20.4. The van der Waals surface area contributed by atoms with Crippen LogP contribution in [-0.2, 0) is 12.3 Å². The predicted molar refractivity (Wildman–Crippen MR) is 99.1 cm³/mol. The van der Waals surface area contributed by atoms with Crippen molar-refractivity contribution in [2.45, 2.75) is 33.1 Å². The van der Waals surface area contributed by atoms with Crippen molar-refractivity contribution in [2.75, 3.05) is 18.4 Å². The van der Waals surface area contributed by atoms with Crippen LogP contribution in [0.4, 0.5) is 14.5 Å². The minimum atomic E-state index is -2.95. The van der Waals surface area contributed by atoms with E-state index >= 15 is 0 Å². The van der Waals surface area contributed by atoms with Gasteiger partial charge < -0.3 is 11.1 Å². The van der Waals surface area contributed by atoms with E-state index in [2.05, 4.69) is 5.32 Å². The minimum Gasteiger partial charge on any atom is -0.377 e. The first-order valence-electron chi connectivity index (χ1n) is 8.02. The molecule has 2 aromatic carbocycles. The van der Waals surface area contributed by atoms with Gasteiger partial charge >= 0.3 is 0 Å². The standard InChI is InChI=1S/C17H18ClF2N.C2H7N/c1-3-13-9-10-15(18)16(12(13)2)21-11-17(19,20)14-7-5-4-6-8-14;1-2-3/h4-10,21H,3,11H2,1-2H3;2-3H2,1H3. The molecule has 0 aliphatic heterocycles. The third kappa shape index (κ3) is 5.46. The summed E-state index contributed by atoms with van der Waals surface area (Å²) in [5, 5.41) is 3.28. The summed E-state index contributed by atoms with van der Waals surface area (Å²) in [6, 6.07) is 11.5. The van der Waals surface area contributed by atoms with Crippen LogP contribution in [0.3, 0.4) is 0 Å². The number of aryl methyl sites for hydroxylation is 1. The van der Waals surface area contributed by atoms with E-state index in [9.17, 15) is 8.78 Å². The normalized spacial score (nSPS) is 10.8. The van der Waals surface area contributed by atoms with Crippen molar-refractivity contribution in [1.82, 2.24) is 0 Å². The highest BCUT2D eigenvalue weighted by atomic mass is 35.5. The first-order chi connectivity index (χ1) is 11.4. The molecule has 2 nitrogen and oxygen atoms in total. The number of anilines is 1. The lowest BCUT2D eigenvalue weighted by Gasteiger charge is -2.20. The van der Waals surface area contributed by atoms with Crippen molar-refractivity contribution in [3.05, 3.63) is 64.2 Å². The van der Waals surface area contributed by atoms with Gasteiger partial charge in [0.25, 0.3) is 5.92 Å². The van der Waals surface area contributed by atoms with Crippen molar-refractivity contribution in [3.8, 4) is 0 Å². The Morgan fingerprint density at radius 1 is 1.08 bits per heavy atom. The molecule has 132 valence electrons. The van der Waals surface area contributed by atoms with Crippen LogP contribution >= 0.6 is 11.6 Å². The smallest absolute Gasteiger partial charge is 0.290 e. The van der Waals surface area contributed by atoms with Gasteiger partial charge in [-0.1, -0.05) is 61.8 Å². The highest BCUT2D eigenvalue weighted by Gasteiger charge is 2.31. The van der Waals surface area contributed by atoms with Crippen LogP contribution in [0.15, 0.2) is 42.5 Å². The van der Waals surface area contributed by atoms with Crippen molar-refractivity contribution in [1.29, 1.82) is 0 Å². The monoisotopic (exact) mass is 354 g/mol. The van der Waals surface area contributed by atoms with Gasteiger partial charge in [0.2, 0.25) is 0 Å². The number of hydrogen-bond acceptors (Lipinski definition) is 2. The van der Waals surface area contributed by atoms with Crippen LogP contribution in [0.25, 0.3) is 0 Å². The van der Waals surface area contributed by atoms with Gasteiger partial charge in [-0.05, 0) is 37.1 Å². The Hall–Kier alpha value is -1.65. The Morgan fingerprint density at radius 2 is 1.67 bits per heavy atom. The van der Waals surface area contributed by atoms with E-state index < -0.39 is 12.5 Å². The Kier molecular flexibility index (Phi) is 8.16. The van der Waals surface area contributed by atoms with Crippen LogP contribution in [-0.4, -0.2) is 13.1 Å². The molecular formula is C19H25ClF2N2. The van der Waals surface area contributed by atoms with E-state index in [1.807, 2.05) is 26.8 Å². The maximum absolute atomic E-state index is 14.2. The molecule has 5 heteroatoms. The molecule has 0 heterocycles. The summed E-state index contributed by atoms with van der Waals surface area (Å²) in [6.45, 7) is 6.09. The summed E-state index contributed by atoms with van der Waals surface area (Å²) in [6.07, 6.45) is 0.840. The van der Waals surface area contributed by atoms with Crippen molar-refractivity contribution < 1.29 is 8.78 Å². The average molecular weight is 355 g/mol. The van der Waals surface area contributed by atoms with Crippen LogP contribution in [0, 0.1) is 6.92 Å². The number of rotatable bonds is 5. The number of alkyl halides is 2. The molecule has 24 heavy (non-hydrogen) atoms. The summed E-state index contributed by atoms with van der Waals surface area (Å²) in [7, 11) is 0. The fraction of sp³-hybridized carbons (Fsp3) is 0.368. The number of benzene rings is 2. The molecule has 0 spiro atoms. The zero-order valence-electron chi connectivity index (χ0n) is 14.4. The quantitative estimate of drug-likeness (QED) is 0.756. The molecule has 0 aliphatic rings. The molecule has 2 rings (SSSR count). The van der Waals surface area contributed by atoms with E-state index in [-0.39, 0.29) is 5.56 Å². The van der Waals surface area contributed by atoms with E-state index in [4.69, 9.17) is 17.3 Å². The van der Waals surface area contributed by atoms with Crippen LogP contribution in [0.1, 0.15) is 30.5 Å². The molecule has 0 radical (unpaired) electrons. The molecule has 0 bridgehead atoms. The van der Waals surface area contributed by atoms with Crippen LogP contribution < -0.4 is 11.1 Å². The molecular weight excluding hydrogens is 330 g/mol. The van der Waals surface area contributed by atoms with Gasteiger partial charge in [-0.15, -0.1) is 0 Å². The van der Waals surface area contributed by atoms with Gasteiger partial charge in [-0.3, -0.25) is 0 Å². The SMILES string of the molecule is CCN.CCc1ccc(Cl)c(NCC(F)(F)c2ccccc2)c1C. The molecule has 0 unspecified atom stereocenters. The lowest BCUT2D eigenvalue weighted by Crippen LogP contribution is -2.25. The molecule has 0 saturated carbocycles. The summed E-state index contributed by atoms with van der Waals surface area (Å²) in [5.41, 5.74) is 7.46. The second-order valence-electron chi connectivity index (χ2n) is 5.39. The summed E-state index contributed by atoms with van der Waals surface area (Å²) in [5.74, 6) is -2.95. The number of hydrogen-bond donors (Lipinski definition) is 2. The van der Waals surface area contributed by atoms with E-state index in [1.54, 1.807) is 24.3 Å². The van der Waals surface area contributed by atoms with Crippen molar-refractivity contribution in [2.24, 2.45) is 5.73 Å². The Morgan fingerprint density at radius 3 is 2.21 bits per heavy atom. The first-order valence-corrected chi connectivity index (χ1v) is 8.40. The highest BCUT2D eigenvalue weighted by molar-refractivity contribution is 6.33. The maximum atomic E-state index is 14.2. The number of nitrogens with one attached hydrogen (secondary N) is 1. The lowest BCUT2D eigenvalue weighted by atomic mass is 10.0. The zero-order valence-corrected chi connectivity index (χ0v) is 15.1. The fourth-order valence-corrected chi connectivity index (χ4v) is 2.58. The minimum absolute atomic E-state index is 0.00192. The van der Waals surface area contributed by atoms with Gasteiger partial charge in [0.05, 0.1) is 17.3 Å². The van der Waals surface area contributed by atoms with Crippen LogP contribution in [0.5, 0.6) is 0 Å². The van der Waals surface area contributed by atoms with Crippen molar-refractivity contribution >= 4 is 17.3 Å². The molecule has 0 amide bonds. The van der Waals surface area contributed by atoms with Gasteiger partial charge in [0.1, 0.15) is 0 Å². The third-order valence-electron chi connectivity index (χ3n) is 3.59. The highest BCUT2D eigenvalue weighted by Crippen LogP contribution is 2.32. The summed E-state index contributed by atoms with van der Waals surface area (Å²) >= 11 is 6.13. The van der Waals surface area contributed by atoms with Crippen LogP contribution in [0.2, 0.25) is 5.02 Å². The summed E-state index contributed by atoms with van der Waals surface area (Å²) in [4.78, 5) is 0. The molecule has 0 aromatic heterocycles. The molecule has 0 saturated heterocycles. The molecule has 2 aromatic rings. The van der Waals surface area contributed by atoms with Gasteiger partial charge in [0, 0.05) is 5.56 Å². The van der Waals surface area contributed by atoms with Gasteiger partial charge in [-0.2, -0.15) is 8.78 Å². The third-order valence-corrected chi connectivity index (χ3v) is 3.91. The topological polar surface area (TPSA) is 38.0 Å². The Balaban J connectivity index is 0.000000891.